The molecule has 3 aromatic carbocycles. The highest BCUT2D eigenvalue weighted by Gasteiger charge is 2.21. The molecule has 39 heavy (non-hydrogen) atoms. The molecule has 9 nitrogen and oxygen atoms in total. The number of benzene rings is 3. The molecule has 1 N–H and O–H groups in total. The summed E-state index contributed by atoms with van der Waals surface area (Å²) in [6, 6.07) is 19.4. The van der Waals surface area contributed by atoms with Crippen molar-refractivity contribution in [1.29, 1.82) is 0 Å². The molecule has 3 rings (SSSR count). The van der Waals surface area contributed by atoms with Gasteiger partial charge in [-0.2, -0.15) is 0 Å². The lowest BCUT2D eigenvalue weighted by Crippen LogP contribution is -2.29. The van der Waals surface area contributed by atoms with Gasteiger partial charge in [-0.15, -0.1) is 0 Å². The van der Waals surface area contributed by atoms with Gasteiger partial charge in [-0.25, -0.2) is 0 Å². The minimum Gasteiger partial charge on any atom is -0.457 e. The molecule has 0 radical (unpaired) electrons. The van der Waals surface area contributed by atoms with E-state index in [1.807, 2.05) is 31.2 Å². The Kier molecular flexibility index (Phi) is 11.1. The van der Waals surface area contributed by atoms with E-state index >= 15 is 0 Å². The SMILES string of the molecule is CCON=C(C=NOC(C)c1ccccc1C(=NOC)C(=O)NC)c1ccc(Oc2ccc(Cl)c(Cl)c2)cc1. The Morgan fingerprint density at radius 2 is 1.72 bits per heavy atom. The molecule has 0 aromatic heterocycles. The van der Waals surface area contributed by atoms with Crippen molar-refractivity contribution in [2.45, 2.75) is 20.0 Å². The molecule has 0 aliphatic carbocycles. The minimum absolute atomic E-state index is 0.122. The lowest BCUT2D eigenvalue weighted by atomic mass is 9.99. The Labute approximate surface area is 237 Å². The summed E-state index contributed by atoms with van der Waals surface area (Å²) in [5, 5.41) is 15.6. The quantitative estimate of drug-likeness (QED) is 0.201. The zero-order chi connectivity index (χ0) is 28.2. The third-order valence-electron chi connectivity index (χ3n) is 5.24. The minimum atomic E-state index is -0.528. The standard InChI is InChI=1S/C28H28Cl2N4O5/c1-5-37-33-26(19-10-12-20(13-11-19)38-21-14-15-24(29)25(30)16-21)17-32-39-18(2)22-8-6-7-9-23(22)27(34-36-4)28(35)31-3/h6-18H,5H2,1-4H3,(H,31,35). The van der Waals surface area contributed by atoms with Crippen molar-refractivity contribution in [3.8, 4) is 11.5 Å². The topological polar surface area (TPSA) is 103 Å². The number of carbonyl (C=O) groups is 1. The molecule has 0 aliphatic heterocycles. The lowest BCUT2D eigenvalue weighted by Gasteiger charge is -2.15. The van der Waals surface area contributed by atoms with Crippen molar-refractivity contribution >= 4 is 46.7 Å². The maximum Gasteiger partial charge on any atom is 0.273 e. The van der Waals surface area contributed by atoms with Gasteiger partial charge in [0.25, 0.3) is 5.91 Å². The molecule has 1 atom stereocenters. The fourth-order valence-electron chi connectivity index (χ4n) is 3.37. The number of hydrogen-bond acceptors (Lipinski definition) is 8. The third kappa shape index (κ3) is 8.20. The number of oxime groups is 3. The smallest absolute Gasteiger partial charge is 0.273 e. The van der Waals surface area contributed by atoms with Crippen LogP contribution < -0.4 is 10.1 Å². The first-order valence-electron chi connectivity index (χ1n) is 11.9. The van der Waals surface area contributed by atoms with Crippen LogP contribution in [0.3, 0.4) is 0 Å². The first-order chi connectivity index (χ1) is 18.9. The molecule has 0 fully saturated rings. The van der Waals surface area contributed by atoms with Crippen LogP contribution in [0.15, 0.2) is 82.2 Å². The van der Waals surface area contributed by atoms with Gasteiger partial charge in [-0.1, -0.05) is 62.9 Å². The van der Waals surface area contributed by atoms with E-state index in [1.165, 1.54) is 20.4 Å². The zero-order valence-electron chi connectivity index (χ0n) is 21.9. The van der Waals surface area contributed by atoms with Gasteiger partial charge in [-0.05, 0) is 50.2 Å². The molecule has 0 saturated heterocycles. The molecule has 0 bridgehead atoms. The van der Waals surface area contributed by atoms with Crippen molar-refractivity contribution in [3.05, 3.63) is 93.5 Å². The van der Waals surface area contributed by atoms with Crippen molar-refractivity contribution in [3.63, 3.8) is 0 Å². The monoisotopic (exact) mass is 570 g/mol. The van der Waals surface area contributed by atoms with Crippen molar-refractivity contribution in [1.82, 2.24) is 5.32 Å². The van der Waals surface area contributed by atoms with Gasteiger partial charge in [0, 0.05) is 29.8 Å². The molecular weight excluding hydrogens is 543 g/mol. The van der Waals surface area contributed by atoms with Gasteiger partial charge in [0.2, 0.25) is 0 Å². The molecule has 1 unspecified atom stereocenters. The molecule has 0 spiro atoms. The molecule has 204 valence electrons. The summed E-state index contributed by atoms with van der Waals surface area (Å²) in [5.74, 6) is 0.758. The van der Waals surface area contributed by atoms with Crippen LogP contribution in [-0.4, -0.2) is 44.3 Å². The number of ether oxygens (including phenoxy) is 1. The highest BCUT2D eigenvalue weighted by Crippen LogP contribution is 2.29. The van der Waals surface area contributed by atoms with Crippen LogP contribution in [0.5, 0.6) is 11.5 Å². The molecular formula is C28H28Cl2N4O5. The summed E-state index contributed by atoms with van der Waals surface area (Å²) in [6.45, 7) is 4.01. The zero-order valence-corrected chi connectivity index (χ0v) is 23.4. The number of carbonyl (C=O) groups excluding carboxylic acids is 1. The Hall–Kier alpha value is -4.08. The average Bonchev–Trinajstić information content (AvgIpc) is 2.95. The average molecular weight is 571 g/mol. The van der Waals surface area contributed by atoms with Crippen LogP contribution >= 0.6 is 23.2 Å². The third-order valence-corrected chi connectivity index (χ3v) is 5.98. The predicted molar refractivity (Wildman–Crippen MR) is 153 cm³/mol. The van der Waals surface area contributed by atoms with Crippen LogP contribution in [0.2, 0.25) is 10.0 Å². The summed E-state index contributed by atoms with van der Waals surface area (Å²) >= 11 is 12.0. The van der Waals surface area contributed by atoms with Gasteiger partial charge in [0.15, 0.2) is 5.71 Å². The van der Waals surface area contributed by atoms with Gasteiger partial charge in [-0.3, -0.25) is 4.79 Å². The van der Waals surface area contributed by atoms with E-state index in [1.54, 1.807) is 49.4 Å². The van der Waals surface area contributed by atoms with E-state index in [4.69, 9.17) is 42.5 Å². The van der Waals surface area contributed by atoms with E-state index < -0.39 is 12.0 Å². The van der Waals surface area contributed by atoms with Crippen LogP contribution in [0.1, 0.15) is 36.6 Å². The molecule has 0 saturated carbocycles. The normalized spacial score (nSPS) is 12.7. The Balaban J connectivity index is 1.77. The highest BCUT2D eigenvalue weighted by molar-refractivity contribution is 6.45. The van der Waals surface area contributed by atoms with Gasteiger partial charge in [0.05, 0.1) is 16.3 Å². The van der Waals surface area contributed by atoms with Crippen LogP contribution in [0.25, 0.3) is 0 Å². The van der Waals surface area contributed by atoms with Gasteiger partial charge < -0.3 is 24.6 Å². The summed E-state index contributed by atoms with van der Waals surface area (Å²) in [6.07, 6.45) is 0.923. The number of likely N-dealkylation sites (N-methyl/N-ethyl adjacent to an activating group) is 1. The van der Waals surface area contributed by atoms with E-state index in [9.17, 15) is 4.79 Å². The lowest BCUT2D eigenvalue weighted by molar-refractivity contribution is -0.114. The second kappa shape index (κ2) is 14.8. The van der Waals surface area contributed by atoms with Gasteiger partial charge >= 0.3 is 0 Å². The molecule has 11 heteroatoms. The van der Waals surface area contributed by atoms with Crippen molar-refractivity contribution in [2.24, 2.45) is 15.5 Å². The molecule has 1 amide bonds. The second-order valence-electron chi connectivity index (χ2n) is 7.87. The number of nitrogens with zero attached hydrogens (tertiary/aromatic N) is 3. The van der Waals surface area contributed by atoms with E-state index in [0.717, 1.165) is 5.56 Å². The fourth-order valence-corrected chi connectivity index (χ4v) is 3.66. The first-order valence-corrected chi connectivity index (χ1v) is 12.7. The van der Waals surface area contributed by atoms with E-state index in [2.05, 4.69) is 20.8 Å². The Morgan fingerprint density at radius 1 is 1.00 bits per heavy atom. The number of amides is 1. The summed E-state index contributed by atoms with van der Waals surface area (Å²) < 4.78 is 5.84. The van der Waals surface area contributed by atoms with Crippen LogP contribution in [-0.2, 0) is 19.3 Å². The van der Waals surface area contributed by atoms with Crippen LogP contribution in [0.4, 0.5) is 0 Å². The van der Waals surface area contributed by atoms with Crippen molar-refractivity contribution < 1.29 is 24.0 Å². The molecule has 3 aromatic rings. The number of nitrogens with one attached hydrogen (secondary N) is 1. The van der Waals surface area contributed by atoms with Crippen LogP contribution in [0, 0.1) is 0 Å². The molecule has 0 heterocycles. The number of halogens is 2. The largest absolute Gasteiger partial charge is 0.457 e. The summed E-state index contributed by atoms with van der Waals surface area (Å²) in [5.41, 5.74) is 2.53. The highest BCUT2D eigenvalue weighted by atomic mass is 35.5. The van der Waals surface area contributed by atoms with Gasteiger partial charge in [0.1, 0.15) is 37.0 Å². The summed E-state index contributed by atoms with van der Waals surface area (Å²) in [4.78, 5) is 28.2. The Bertz CT molecular complexity index is 1360. The second-order valence-corrected chi connectivity index (χ2v) is 8.68. The Morgan fingerprint density at radius 3 is 2.38 bits per heavy atom. The molecule has 0 aliphatic rings. The predicted octanol–water partition coefficient (Wildman–Crippen LogP) is 6.39. The number of rotatable bonds is 12. The maximum atomic E-state index is 12.4. The fraction of sp³-hybridized carbons (Fsp3) is 0.214. The first kappa shape index (κ1) is 29.5. The van der Waals surface area contributed by atoms with Crippen molar-refractivity contribution in [2.75, 3.05) is 20.8 Å². The maximum absolute atomic E-state index is 12.4. The van der Waals surface area contributed by atoms with E-state index in [0.29, 0.717) is 45.0 Å². The number of hydrogen-bond donors (Lipinski definition) is 1. The summed E-state index contributed by atoms with van der Waals surface area (Å²) in [7, 11) is 2.90. The van der Waals surface area contributed by atoms with E-state index in [-0.39, 0.29) is 5.71 Å².